The monoisotopic (exact) mass is 277 g/mol. The van der Waals surface area contributed by atoms with Crippen molar-refractivity contribution >= 4 is 17.5 Å². The first-order chi connectivity index (χ1) is 9.41. The van der Waals surface area contributed by atoms with Gasteiger partial charge in [-0.25, -0.2) is 0 Å². The van der Waals surface area contributed by atoms with Crippen molar-refractivity contribution in [3.63, 3.8) is 0 Å². The number of nitrogens with two attached hydrogens (primary N) is 1. The first-order valence-corrected chi connectivity index (χ1v) is 6.81. The molecule has 0 unspecified atom stereocenters. The first kappa shape index (κ1) is 16.0. The third kappa shape index (κ3) is 4.91. The molecule has 110 valence electrons. The van der Waals surface area contributed by atoms with E-state index in [0.717, 1.165) is 5.56 Å². The van der Waals surface area contributed by atoms with Gasteiger partial charge in [-0.1, -0.05) is 19.9 Å². The largest absolute Gasteiger partial charge is 0.398 e. The van der Waals surface area contributed by atoms with Gasteiger partial charge in [0.05, 0.1) is 0 Å². The Bertz CT molecular complexity index is 484. The SMILES string of the molecule is Cc1c(N)cccc1C(=O)NCCC(=O)NCC(C)C. The molecule has 0 spiro atoms. The van der Waals surface area contributed by atoms with Gasteiger partial charge in [0.25, 0.3) is 5.91 Å². The summed E-state index contributed by atoms with van der Waals surface area (Å²) >= 11 is 0. The second-order valence-corrected chi connectivity index (χ2v) is 5.22. The van der Waals surface area contributed by atoms with Crippen LogP contribution in [0.5, 0.6) is 0 Å². The number of nitrogens with one attached hydrogen (secondary N) is 2. The van der Waals surface area contributed by atoms with E-state index in [-0.39, 0.29) is 18.2 Å². The Balaban J connectivity index is 2.40. The van der Waals surface area contributed by atoms with Crippen molar-refractivity contribution in [2.75, 3.05) is 18.8 Å². The van der Waals surface area contributed by atoms with E-state index >= 15 is 0 Å². The van der Waals surface area contributed by atoms with Gasteiger partial charge in [-0.05, 0) is 30.5 Å². The molecule has 0 heterocycles. The Labute approximate surface area is 119 Å². The minimum atomic E-state index is -0.202. The number of anilines is 1. The summed E-state index contributed by atoms with van der Waals surface area (Å²) in [5, 5.41) is 5.54. The van der Waals surface area contributed by atoms with Crippen LogP contribution in [0.3, 0.4) is 0 Å². The smallest absolute Gasteiger partial charge is 0.251 e. The molecule has 0 atom stereocenters. The van der Waals surface area contributed by atoms with Crippen molar-refractivity contribution in [1.29, 1.82) is 0 Å². The molecular formula is C15H23N3O2. The van der Waals surface area contributed by atoms with Crippen molar-refractivity contribution in [3.8, 4) is 0 Å². The zero-order chi connectivity index (χ0) is 15.1. The van der Waals surface area contributed by atoms with Gasteiger partial charge >= 0.3 is 0 Å². The van der Waals surface area contributed by atoms with Crippen LogP contribution < -0.4 is 16.4 Å². The number of amides is 2. The summed E-state index contributed by atoms with van der Waals surface area (Å²) in [7, 11) is 0. The fourth-order valence-electron chi connectivity index (χ4n) is 1.69. The molecular weight excluding hydrogens is 254 g/mol. The predicted molar refractivity (Wildman–Crippen MR) is 80.4 cm³/mol. The van der Waals surface area contributed by atoms with Gasteiger partial charge in [-0.15, -0.1) is 0 Å². The minimum Gasteiger partial charge on any atom is -0.398 e. The number of hydrogen-bond donors (Lipinski definition) is 3. The normalized spacial score (nSPS) is 10.4. The van der Waals surface area contributed by atoms with Crippen molar-refractivity contribution in [2.45, 2.75) is 27.2 Å². The van der Waals surface area contributed by atoms with Crippen LogP contribution >= 0.6 is 0 Å². The molecule has 20 heavy (non-hydrogen) atoms. The number of rotatable bonds is 6. The van der Waals surface area contributed by atoms with Gasteiger partial charge in [0.2, 0.25) is 5.91 Å². The van der Waals surface area contributed by atoms with E-state index < -0.39 is 0 Å². The van der Waals surface area contributed by atoms with Gasteiger partial charge in [0.15, 0.2) is 0 Å². The van der Waals surface area contributed by atoms with E-state index in [0.29, 0.717) is 30.3 Å². The van der Waals surface area contributed by atoms with Crippen LogP contribution in [0.4, 0.5) is 5.69 Å². The molecule has 5 nitrogen and oxygen atoms in total. The third-order valence-electron chi connectivity index (χ3n) is 2.97. The lowest BCUT2D eigenvalue weighted by molar-refractivity contribution is -0.121. The fourth-order valence-corrected chi connectivity index (χ4v) is 1.69. The molecule has 1 aromatic carbocycles. The summed E-state index contributed by atoms with van der Waals surface area (Å²) < 4.78 is 0. The number of nitrogen functional groups attached to an aromatic ring is 1. The molecule has 0 saturated heterocycles. The highest BCUT2D eigenvalue weighted by Gasteiger charge is 2.10. The Kier molecular flexibility index (Phi) is 6.03. The third-order valence-corrected chi connectivity index (χ3v) is 2.97. The zero-order valence-corrected chi connectivity index (χ0v) is 12.3. The molecule has 0 aliphatic heterocycles. The maximum Gasteiger partial charge on any atom is 0.251 e. The summed E-state index contributed by atoms with van der Waals surface area (Å²) in [6.07, 6.45) is 0.278. The van der Waals surface area contributed by atoms with E-state index in [1.807, 2.05) is 13.8 Å². The Hall–Kier alpha value is -2.04. The van der Waals surface area contributed by atoms with Crippen LogP contribution in [0.2, 0.25) is 0 Å². The summed E-state index contributed by atoms with van der Waals surface area (Å²) in [5.74, 6) is 0.165. The Morgan fingerprint density at radius 2 is 1.95 bits per heavy atom. The summed E-state index contributed by atoms with van der Waals surface area (Å²) in [4.78, 5) is 23.5. The number of hydrogen-bond acceptors (Lipinski definition) is 3. The van der Waals surface area contributed by atoms with Crippen LogP contribution in [-0.2, 0) is 4.79 Å². The standard InChI is InChI=1S/C15H23N3O2/c1-10(2)9-18-14(19)7-8-17-15(20)12-5-4-6-13(16)11(12)3/h4-6,10H,7-9,16H2,1-3H3,(H,17,20)(H,18,19). The van der Waals surface area contributed by atoms with Crippen LogP contribution in [0, 0.1) is 12.8 Å². The fraction of sp³-hybridized carbons (Fsp3) is 0.467. The average molecular weight is 277 g/mol. The summed E-state index contributed by atoms with van der Waals surface area (Å²) in [5.41, 5.74) is 7.66. The molecule has 0 saturated carbocycles. The molecule has 0 aliphatic carbocycles. The van der Waals surface area contributed by atoms with Crippen LogP contribution in [0.25, 0.3) is 0 Å². The highest BCUT2D eigenvalue weighted by Crippen LogP contribution is 2.15. The summed E-state index contributed by atoms with van der Waals surface area (Å²) in [6.45, 7) is 6.84. The van der Waals surface area contributed by atoms with Crippen molar-refractivity contribution < 1.29 is 9.59 Å². The Morgan fingerprint density at radius 1 is 1.25 bits per heavy atom. The van der Waals surface area contributed by atoms with Crippen molar-refractivity contribution in [3.05, 3.63) is 29.3 Å². The van der Waals surface area contributed by atoms with Gasteiger partial charge in [0.1, 0.15) is 0 Å². The maximum atomic E-state index is 12.0. The van der Waals surface area contributed by atoms with Gasteiger partial charge in [-0.2, -0.15) is 0 Å². The zero-order valence-electron chi connectivity index (χ0n) is 12.3. The van der Waals surface area contributed by atoms with Gasteiger partial charge in [-0.3, -0.25) is 9.59 Å². The summed E-state index contributed by atoms with van der Waals surface area (Å²) in [6, 6.07) is 5.22. The van der Waals surface area contributed by atoms with Crippen LogP contribution in [0.15, 0.2) is 18.2 Å². The minimum absolute atomic E-state index is 0.0525. The van der Waals surface area contributed by atoms with E-state index in [9.17, 15) is 9.59 Å². The van der Waals surface area contributed by atoms with Crippen molar-refractivity contribution in [2.24, 2.45) is 5.92 Å². The van der Waals surface area contributed by atoms with E-state index in [1.165, 1.54) is 0 Å². The molecule has 0 aliphatic rings. The highest BCUT2D eigenvalue weighted by molar-refractivity contribution is 5.97. The van der Waals surface area contributed by atoms with E-state index in [4.69, 9.17) is 5.73 Å². The van der Waals surface area contributed by atoms with Crippen LogP contribution in [0.1, 0.15) is 36.2 Å². The van der Waals surface area contributed by atoms with E-state index in [1.54, 1.807) is 25.1 Å². The lowest BCUT2D eigenvalue weighted by Crippen LogP contribution is -2.32. The Morgan fingerprint density at radius 3 is 2.60 bits per heavy atom. The molecule has 1 rings (SSSR count). The maximum absolute atomic E-state index is 12.0. The highest BCUT2D eigenvalue weighted by atomic mass is 16.2. The second-order valence-electron chi connectivity index (χ2n) is 5.22. The molecule has 4 N–H and O–H groups in total. The molecule has 0 bridgehead atoms. The topological polar surface area (TPSA) is 84.2 Å². The van der Waals surface area contributed by atoms with Gasteiger partial charge < -0.3 is 16.4 Å². The van der Waals surface area contributed by atoms with Gasteiger partial charge in [0, 0.05) is 30.8 Å². The first-order valence-electron chi connectivity index (χ1n) is 6.81. The number of benzene rings is 1. The number of carbonyl (C=O) groups is 2. The lowest BCUT2D eigenvalue weighted by Gasteiger charge is -2.10. The molecule has 1 aromatic rings. The lowest BCUT2D eigenvalue weighted by atomic mass is 10.1. The second kappa shape index (κ2) is 7.53. The molecule has 0 fully saturated rings. The molecule has 5 heteroatoms. The van der Waals surface area contributed by atoms with Crippen molar-refractivity contribution in [1.82, 2.24) is 10.6 Å². The quantitative estimate of drug-likeness (QED) is 0.688. The average Bonchev–Trinajstić information content (AvgIpc) is 2.39. The predicted octanol–water partition coefficient (Wildman–Crippen LogP) is 1.47. The van der Waals surface area contributed by atoms with E-state index in [2.05, 4.69) is 10.6 Å². The van der Waals surface area contributed by atoms with Crippen LogP contribution in [-0.4, -0.2) is 24.9 Å². The molecule has 2 amide bonds. The molecule has 0 aromatic heterocycles. The molecule has 0 radical (unpaired) electrons. The number of carbonyl (C=O) groups excluding carboxylic acids is 2.